The van der Waals surface area contributed by atoms with E-state index < -0.39 is 0 Å². The summed E-state index contributed by atoms with van der Waals surface area (Å²) in [6, 6.07) is 5.77. The first-order valence-electron chi connectivity index (χ1n) is 4.87. The van der Waals surface area contributed by atoms with Crippen LogP contribution in [0.15, 0.2) is 18.2 Å². The summed E-state index contributed by atoms with van der Waals surface area (Å²) in [5.74, 6) is 0.836. The highest BCUT2D eigenvalue weighted by Crippen LogP contribution is 2.28. The first-order valence-corrected chi connectivity index (χ1v) is 5.79. The summed E-state index contributed by atoms with van der Waals surface area (Å²) < 4.78 is 5.42. The molecule has 1 amide bonds. The number of benzene rings is 1. The van der Waals surface area contributed by atoms with Crippen LogP contribution in [0.3, 0.4) is 0 Å². The van der Waals surface area contributed by atoms with Crippen molar-refractivity contribution in [2.45, 2.75) is 18.2 Å². The molecule has 0 saturated heterocycles. The molecule has 0 spiro atoms. The van der Waals surface area contributed by atoms with Crippen LogP contribution in [0.2, 0.25) is 0 Å². The van der Waals surface area contributed by atoms with E-state index in [0.29, 0.717) is 0 Å². The summed E-state index contributed by atoms with van der Waals surface area (Å²) in [5.41, 5.74) is 1.99. The third-order valence-electron chi connectivity index (χ3n) is 2.32. The first kappa shape index (κ1) is 10.5. The number of carbonyl (C=O) groups excluding carboxylic acids is 1. The standard InChI is InChI=1S/C11H12BrNO2/c1-7(12)11(14)13-9-3-2-8-4-5-15-10(8)6-9/h2-3,6-7H,4-5H2,1H3,(H,13,14). The monoisotopic (exact) mass is 269 g/mol. The van der Waals surface area contributed by atoms with E-state index in [1.165, 1.54) is 5.56 Å². The molecule has 1 aromatic rings. The average Bonchev–Trinajstić information content (AvgIpc) is 2.64. The second-order valence-corrected chi connectivity index (χ2v) is 4.90. The van der Waals surface area contributed by atoms with Crippen LogP contribution < -0.4 is 10.1 Å². The molecule has 80 valence electrons. The number of fused-ring (bicyclic) bond motifs is 1. The Balaban J connectivity index is 2.13. The Labute approximate surface area is 96.9 Å². The van der Waals surface area contributed by atoms with Crippen LogP contribution in [0, 0.1) is 0 Å². The van der Waals surface area contributed by atoms with Crippen molar-refractivity contribution in [1.29, 1.82) is 0 Å². The van der Waals surface area contributed by atoms with Gasteiger partial charge in [0.1, 0.15) is 5.75 Å². The van der Waals surface area contributed by atoms with Gasteiger partial charge in [0.25, 0.3) is 0 Å². The van der Waals surface area contributed by atoms with Crippen molar-refractivity contribution in [2.24, 2.45) is 0 Å². The van der Waals surface area contributed by atoms with E-state index in [9.17, 15) is 4.79 Å². The molecule has 1 atom stereocenters. The number of alkyl halides is 1. The average molecular weight is 270 g/mol. The molecule has 1 aliphatic rings. The molecule has 0 saturated carbocycles. The Kier molecular flexibility index (Phi) is 2.95. The molecule has 4 heteroatoms. The van der Waals surface area contributed by atoms with Crippen LogP contribution in [0.1, 0.15) is 12.5 Å². The highest BCUT2D eigenvalue weighted by molar-refractivity contribution is 9.10. The van der Waals surface area contributed by atoms with Crippen LogP contribution in [0.5, 0.6) is 5.75 Å². The van der Waals surface area contributed by atoms with E-state index in [4.69, 9.17) is 4.74 Å². The van der Waals surface area contributed by atoms with E-state index in [1.807, 2.05) is 18.2 Å². The lowest BCUT2D eigenvalue weighted by Gasteiger charge is -2.07. The van der Waals surface area contributed by atoms with Gasteiger partial charge >= 0.3 is 0 Å². The zero-order valence-electron chi connectivity index (χ0n) is 8.42. The van der Waals surface area contributed by atoms with Crippen LogP contribution in [0.25, 0.3) is 0 Å². The van der Waals surface area contributed by atoms with Gasteiger partial charge in [-0.05, 0) is 18.6 Å². The van der Waals surface area contributed by atoms with Crippen molar-refractivity contribution in [3.05, 3.63) is 23.8 Å². The molecule has 1 aromatic carbocycles. The second-order valence-electron chi connectivity index (χ2n) is 3.53. The van der Waals surface area contributed by atoms with Gasteiger partial charge in [-0.1, -0.05) is 22.0 Å². The first-order chi connectivity index (χ1) is 7.16. The van der Waals surface area contributed by atoms with Gasteiger partial charge in [-0.15, -0.1) is 0 Å². The molecule has 2 rings (SSSR count). The number of carbonyl (C=O) groups is 1. The van der Waals surface area contributed by atoms with Crippen LogP contribution in [-0.4, -0.2) is 17.3 Å². The third-order valence-corrected chi connectivity index (χ3v) is 2.74. The van der Waals surface area contributed by atoms with E-state index in [2.05, 4.69) is 21.2 Å². The molecule has 1 unspecified atom stereocenters. The molecule has 0 bridgehead atoms. The summed E-state index contributed by atoms with van der Waals surface area (Å²) in [6.07, 6.45) is 0.957. The molecule has 0 fully saturated rings. The Morgan fingerprint density at radius 1 is 1.60 bits per heavy atom. The summed E-state index contributed by atoms with van der Waals surface area (Å²) in [4.78, 5) is 11.2. The number of ether oxygens (including phenoxy) is 1. The Morgan fingerprint density at radius 3 is 3.13 bits per heavy atom. The van der Waals surface area contributed by atoms with Gasteiger partial charge in [-0.25, -0.2) is 0 Å². The maximum Gasteiger partial charge on any atom is 0.237 e. The molecular formula is C11H12BrNO2. The summed E-state index contributed by atoms with van der Waals surface area (Å²) in [6.45, 7) is 2.53. The molecule has 0 radical (unpaired) electrons. The molecular weight excluding hydrogens is 258 g/mol. The fourth-order valence-electron chi connectivity index (χ4n) is 1.49. The molecule has 1 N–H and O–H groups in total. The van der Waals surface area contributed by atoms with Crippen molar-refractivity contribution >= 4 is 27.5 Å². The maximum atomic E-state index is 11.4. The number of amides is 1. The van der Waals surface area contributed by atoms with Gasteiger partial charge in [0, 0.05) is 18.2 Å². The van der Waals surface area contributed by atoms with Gasteiger partial charge in [-0.2, -0.15) is 0 Å². The van der Waals surface area contributed by atoms with Crippen molar-refractivity contribution < 1.29 is 9.53 Å². The highest BCUT2D eigenvalue weighted by atomic mass is 79.9. The SMILES string of the molecule is CC(Br)C(=O)Nc1ccc2c(c1)OCC2. The number of rotatable bonds is 2. The zero-order chi connectivity index (χ0) is 10.8. The summed E-state index contributed by atoms with van der Waals surface area (Å²) >= 11 is 3.22. The van der Waals surface area contributed by atoms with Gasteiger partial charge < -0.3 is 10.1 Å². The summed E-state index contributed by atoms with van der Waals surface area (Å²) in [7, 11) is 0. The number of hydrogen-bond acceptors (Lipinski definition) is 2. The number of anilines is 1. The van der Waals surface area contributed by atoms with Crippen molar-refractivity contribution in [3.8, 4) is 5.75 Å². The Morgan fingerprint density at radius 2 is 2.40 bits per heavy atom. The second kappa shape index (κ2) is 4.23. The molecule has 15 heavy (non-hydrogen) atoms. The van der Waals surface area contributed by atoms with Crippen molar-refractivity contribution in [1.82, 2.24) is 0 Å². The minimum atomic E-state index is -0.188. The van der Waals surface area contributed by atoms with E-state index in [-0.39, 0.29) is 10.7 Å². The number of halogens is 1. The number of nitrogens with one attached hydrogen (secondary N) is 1. The largest absolute Gasteiger partial charge is 0.493 e. The van der Waals surface area contributed by atoms with Crippen LogP contribution in [0.4, 0.5) is 5.69 Å². The van der Waals surface area contributed by atoms with Crippen molar-refractivity contribution in [3.63, 3.8) is 0 Å². The van der Waals surface area contributed by atoms with Crippen LogP contribution >= 0.6 is 15.9 Å². The van der Waals surface area contributed by atoms with Gasteiger partial charge in [0.2, 0.25) is 5.91 Å². The van der Waals surface area contributed by atoms with Crippen molar-refractivity contribution in [2.75, 3.05) is 11.9 Å². The third kappa shape index (κ3) is 2.31. The Hall–Kier alpha value is -1.03. The van der Waals surface area contributed by atoms with Gasteiger partial charge in [-0.3, -0.25) is 4.79 Å². The summed E-state index contributed by atoms with van der Waals surface area (Å²) in [5, 5.41) is 2.81. The Bertz CT molecular complexity index is 390. The normalized spacial score (nSPS) is 15.3. The molecule has 0 aromatic heterocycles. The lowest BCUT2D eigenvalue weighted by molar-refractivity contribution is -0.115. The minimum Gasteiger partial charge on any atom is -0.493 e. The van der Waals surface area contributed by atoms with Gasteiger partial charge in [0.05, 0.1) is 11.4 Å². The predicted molar refractivity (Wildman–Crippen MR) is 62.7 cm³/mol. The fraction of sp³-hybridized carbons (Fsp3) is 0.364. The van der Waals surface area contributed by atoms with E-state index in [0.717, 1.165) is 24.5 Å². The van der Waals surface area contributed by atoms with E-state index in [1.54, 1.807) is 6.92 Å². The molecule has 1 heterocycles. The van der Waals surface area contributed by atoms with Gasteiger partial charge in [0.15, 0.2) is 0 Å². The highest BCUT2D eigenvalue weighted by Gasteiger charge is 2.14. The molecule has 0 aliphatic carbocycles. The number of hydrogen-bond donors (Lipinski definition) is 1. The lowest BCUT2D eigenvalue weighted by atomic mass is 10.1. The lowest BCUT2D eigenvalue weighted by Crippen LogP contribution is -2.19. The van der Waals surface area contributed by atoms with E-state index >= 15 is 0 Å². The fourth-order valence-corrected chi connectivity index (χ4v) is 1.60. The predicted octanol–water partition coefficient (Wildman–Crippen LogP) is 2.34. The maximum absolute atomic E-state index is 11.4. The minimum absolute atomic E-state index is 0.0482. The smallest absolute Gasteiger partial charge is 0.237 e. The molecule has 3 nitrogen and oxygen atoms in total. The topological polar surface area (TPSA) is 38.3 Å². The zero-order valence-corrected chi connectivity index (χ0v) is 10.0. The quantitative estimate of drug-likeness (QED) is 0.838. The molecule has 1 aliphatic heterocycles. The van der Waals surface area contributed by atoms with Crippen LogP contribution in [-0.2, 0) is 11.2 Å².